The van der Waals surface area contributed by atoms with Crippen LogP contribution in [0.5, 0.6) is 0 Å². The van der Waals surface area contributed by atoms with Crippen molar-refractivity contribution >= 4 is 41.2 Å². The molecule has 0 bridgehead atoms. The minimum Gasteiger partial charge on any atom is -0.360 e. The highest BCUT2D eigenvalue weighted by Crippen LogP contribution is 2.29. The van der Waals surface area contributed by atoms with Crippen LogP contribution in [-0.4, -0.2) is 49.6 Å². The van der Waals surface area contributed by atoms with Gasteiger partial charge >= 0.3 is 0 Å². The maximum atomic E-state index is 13.6. The SMILES string of the molecule is CON(C)C(=O)c1cnn(COCC[Si](C)(C)C)c1Cc1sc(F)cc1Br. The van der Waals surface area contributed by atoms with Crippen molar-refractivity contribution in [2.75, 3.05) is 20.8 Å². The molecule has 0 aliphatic carbocycles. The minimum absolute atomic E-state index is 0.245. The molecule has 0 saturated heterocycles. The number of amides is 1. The van der Waals surface area contributed by atoms with Crippen molar-refractivity contribution in [1.29, 1.82) is 0 Å². The van der Waals surface area contributed by atoms with E-state index in [-0.39, 0.29) is 17.8 Å². The number of hydroxylamine groups is 2. The molecule has 2 rings (SSSR count). The Morgan fingerprint density at radius 1 is 1.44 bits per heavy atom. The average molecular weight is 478 g/mol. The van der Waals surface area contributed by atoms with Crippen LogP contribution in [0.1, 0.15) is 20.9 Å². The molecule has 0 N–H and O–H groups in total. The van der Waals surface area contributed by atoms with Gasteiger partial charge in [-0.15, -0.1) is 11.3 Å². The summed E-state index contributed by atoms with van der Waals surface area (Å²) in [5.74, 6) is -0.311. The Labute approximate surface area is 172 Å². The van der Waals surface area contributed by atoms with E-state index < -0.39 is 8.07 Å². The van der Waals surface area contributed by atoms with Gasteiger partial charge in [0.2, 0.25) is 0 Å². The molecule has 0 atom stereocenters. The van der Waals surface area contributed by atoms with Crippen molar-refractivity contribution in [1.82, 2.24) is 14.8 Å². The minimum atomic E-state index is -1.19. The van der Waals surface area contributed by atoms with Gasteiger partial charge in [-0.05, 0) is 28.0 Å². The monoisotopic (exact) mass is 477 g/mol. The summed E-state index contributed by atoms with van der Waals surface area (Å²) < 4.78 is 21.7. The van der Waals surface area contributed by atoms with Crippen molar-refractivity contribution in [3.63, 3.8) is 0 Å². The highest BCUT2D eigenvalue weighted by molar-refractivity contribution is 9.10. The van der Waals surface area contributed by atoms with Crippen molar-refractivity contribution < 1.29 is 18.8 Å². The van der Waals surface area contributed by atoms with Crippen LogP contribution >= 0.6 is 27.3 Å². The van der Waals surface area contributed by atoms with Crippen LogP contribution in [0.4, 0.5) is 4.39 Å². The van der Waals surface area contributed by atoms with Gasteiger partial charge in [0.25, 0.3) is 5.91 Å². The van der Waals surface area contributed by atoms with Crippen LogP contribution in [0.15, 0.2) is 16.7 Å². The zero-order valence-electron chi connectivity index (χ0n) is 16.2. The largest absolute Gasteiger partial charge is 0.360 e. The van der Waals surface area contributed by atoms with Crippen molar-refractivity contribution in [3.05, 3.63) is 38.0 Å². The van der Waals surface area contributed by atoms with Crippen LogP contribution in [0.2, 0.25) is 25.7 Å². The van der Waals surface area contributed by atoms with Gasteiger partial charge in [-0.1, -0.05) is 19.6 Å². The molecule has 2 heterocycles. The Balaban J connectivity index is 2.23. The fourth-order valence-corrected chi connectivity index (χ4v) is 4.59. The van der Waals surface area contributed by atoms with Gasteiger partial charge in [-0.3, -0.25) is 9.63 Å². The van der Waals surface area contributed by atoms with Crippen LogP contribution < -0.4 is 0 Å². The second-order valence-electron chi connectivity index (χ2n) is 7.34. The number of nitrogens with zero attached hydrogens (tertiary/aromatic N) is 3. The number of carbonyl (C=O) groups is 1. The Morgan fingerprint density at radius 3 is 2.70 bits per heavy atom. The fraction of sp³-hybridized carbons (Fsp3) is 0.529. The number of ether oxygens (including phenoxy) is 1. The lowest BCUT2D eigenvalue weighted by Crippen LogP contribution is -2.26. The number of thiophene rings is 1. The molecule has 0 fully saturated rings. The molecule has 0 aliphatic rings. The normalized spacial score (nSPS) is 11.8. The molecule has 27 heavy (non-hydrogen) atoms. The van der Waals surface area contributed by atoms with Crippen LogP contribution in [0.3, 0.4) is 0 Å². The third kappa shape index (κ3) is 6.21. The summed E-state index contributed by atoms with van der Waals surface area (Å²) in [6.07, 6.45) is 1.87. The van der Waals surface area contributed by atoms with Crippen LogP contribution in [-0.2, 0) is 22.7 Å². The number of rotatable bonds is 9. The zero-order valence-corrected chi connectivity index (χ0v) is 19.6. The van der Waals surface area contributed by atoms with E-state index in [0.29, 0.717) is 28.8 Å². The van der Waals surface area contributed by atoms with Crippen LogP contribution in [0, 0.1) is 5.13 Å². The van der Waals surface area contributed by atoms with Gasteiger partial charge in [-0.25, -0.2) is 9.75 Å². The Morgan fingerprint density at radius 2 is 2.15 bits per heavy atom. The van der Waals surface area contributed by atoms with Gasteiger partial charge in [-0.2, -0.15) is 9.49 Å². The summed E-state index contributed by atoms with van der Waals surface area (Å²) in [4.78, 5) is 18.4. The summed E-state index contributed by atoms with van der Waals surface area (Å²) in [5, 5.41) is 5.17. The molecule has 1 amide bonds. The average Bonchev–Trinajstić information content (AvgIpc) is 3.12. The zero-order chi connectivity index (χ0) is 20.2. The molecular weight excluding hydrogens is 453 g/mol. The summed E-state index contributed by atoms with van der Waals surface area (Å²) in [6.45, 7) is 7.75. The smallest absolute Gasteiger partial charge is 0.280 e. The summed E-state index contributed by atoms with van der Waals surface area (Å²) >= 11 is 4.41. The van der Waals surface area contributed by atoms with Gasteiger partial charge in [0, 0.05) is 37.5 Å². The van der Waals surface area contributed by atoms with E-state index >= 15 is 0 Å². The number of hydrogen-bond acceptors (Lipinski definition) is 5. The molecule has 6 nitrogen and oxygen atoms in total. The first kappa shape index (κ1) is 22.2. The number of aromatic nitrogens is 2. The lowest BCUT2D eigenvalue weighted by molar-refractivity contribution is -0.0757. The highest BCUT2D eigenvalue weighted by atomic mass is 79.9. The van der Waals surface area contributed by atoms with E-state index in [4.69, 9.17) is 9.57 Å². The van der Waals surface area contributed by atoms with Gasteiger partial charge < -0.3 is 4.74 Å². The van der Waals surface area contributed by atoms with Crippen molar-refractivity contribution in [2.24, 2.45) is 0 Å². The molecular formula is C17H25BrFN3O3SSi. The molecule has 2 aromatic heterocycles. The summed E-state index contributed by atoms with van der Waals surface area (Å²) in [5.41, 5.74) is 1.08. The second-order valence-corrected chi connectivity index (χ2v) is 14.9. The maximum absolute atomic E-state index is 13.6. The topological polar surface area (TPSA) is 56.6 Å². The van der Waals surface area contributed by atoms with E-state index in [9.17, 15) is 9.18 Å². The standard InChI is InChI=1S/C17H25BrFN3O3SSi/c1-21(24-2)17(23)12-10-20-22(11-25-6-7-27(3,4)5)14(12)9-15-13(18)8-16(19)26-15/h8,10H,6-7,9,11H2,1-5H3. The van der Waals surface area contributed by atoms with E-state index in [0.717, 1.165) is 27.3 Å². The fourth-order valence-electron chi connectivity index (χ4n) is 2.32. The second kappa shape index (κ2) is 9.42. The molecule has 0 spiro atoms. The lowest BCUT2D eigenvalue weighted by atomic mass is 10.1. The lowest BCUT2D eigenvalue weighted by Gasteiger charge is -2.17. The molecule has 0 aliphatic heterocycles. The number of halogens is 2. The number of carbonyl (C=O) groups excluding carboxylic acids is 1. The Bertz CT molecular complexity index is 791. The molecule has 0 aromatic carbocycles. The van der Waals surface area contributed by atoms with Crippen molar-refractivity contribution in [2.45, 2.75) is 38.8 Å². The maximum Gasteiger partial charge on any atom is 0.280 e. The Kier molecular flexibility index (Phi) is 7.75. The summed E-state index contributed by atoms with van der Waals surface area (Å²) in [7, 11) is 1.77. The molecule has 0 saturated carbocycles. The molecule has 0 radical (unpaired) electrons. The van der Waals surface area contributed by atoms with Crippen molar-refractivity contribution in [3.8, 4) is 0 Å². The first-order chi connectivity index (χ1) is 12.6. The highest BCUT2D eigenvalue weighted by Gasteiger charge is 2.23. The van der Waals surface area contributed by atoms with Gasteiger partial charge in [0.05, 0.1) is 24.6 Å². The number of hydrogen-bond donors (Lipinski definition) is 0. The Hall–Kier alpha value is -1.07. The van der Waals surface area contributed by atoms with E-state index in [1.807, 2.05) is 0 Å². The quantitative estimate of drug-likeness (QED) is 0.305. The third-order valence-corrected chi connectivity index (χ3v) is 7.60. The van der Waals surface area contributed by atoms with E-state index in [1.165, 1.54) is 26.4 Å². The van der Waals surface area contributed by atoms with Gasteiger partial charge in [0.1, 0.15) is 6.73 Å². The van der Waals surface area contributed by atoms with E-state index in [1.54, 1.807) is 4.68 Å². The van der Waals surface area contributed by atoms with Gasteiger partial charge in [0.15, 0.2) is 5.13 Å². The first-order valence-electron chi connectivity index (χ1n) is 8.50. The molecule has 150 valence electrons. The predicted molar refractivity (Wildman–Crippen MR) is 110 cm³/mol. The van der Waals surface area contributed by atoms with Crippen LogP contribution in [0.25, 0.3) is 0 Å². The summed E-state index contributed by atoms with van der Waals surface area (Å²) in [6, 6.07) is 2.47. The molecule has 0 unspecified atom stereocenters. The molecule has 2 aromatic rings. The molecule has 10 heteroatoms. The third-order valence-electron chi connectivity index (χ3n) is 4.00. The predicted octanol–water partition coefficient (Wildman–Crippen LogP) is 4.38. The first-order valence-corrected chi connectivity index (χ1v) is 13.8. The van der Waals surface area contributed by atoms with E-state index in [2.05, 4.69) is 40.7 Å².